The van der Waals surface area contributed by atoms with Gasteiger partial charge in [-0.15, -0.1) is 0 Å². The maximum atomic E-state index is 14.5. The monoisotopic (exact) mass is 457 g/mol. The van der Waals surface area contributed by atoms with Gasteiger partial charge < -0.3 is 14.8 Å². The molecule has 1 aliphatic heterocycles. The van der Waals surface area contributed by atoms with Gasteiger partial charge in [0.1, 0.15) is 17.1 Å². The van der Waals surface area contributed by atoms with Crippen molar-refractivity contribution >= 4 is 17.5 Å². The summed E-state index contributed by atoms with van der Waals surface area (Å²) in [6.07, 6.45) is 6.23. The van der Waals surface area contributed by atoms with Gasteiger partial charge in [-0.25, -0.2) is 9.07 Å². The first-order valence-electron chi connectivity index (χ1n) is 11.2. The van der Waals surface area contributed by atoms with Crippen LogP contribution in [-0.2, 0) is 4.79 Å². The molecule has 0 saturated carbocycles. The number of para-hydroxylation sites is 2. The number of nitrogens with zero attached hydrogens (tertiary/aromatic N) is 4. The minimum Gasteiger partial charge on any atom is -0.338 e. The van der Waals surface area contributed by atoms with Crippen molar-refractivity contribution in [2.24, 2.45) is 5.92 Å². The van der Waals surface area contributed by atoms with Gasteiger partial charge in [-0.3, -0.25) is 9.59 Å². The van der Waals surface area contributed by atoms with Gasteiger partial charge >= 0.3 is 0 Å². The van der Waals surface area contributed by atoms with Gasteiger partial charge in [0.05, 0.1) is 6.20 Å². The van der Waals surface area contributed by atoms with Crippen LogP contribution in [-0.4, -0.2) is 44.2 Å². The molecule has 5 rings (SSSR count). The molecule has 0 spiro atoms. The van der Waals surface area contributed by atoms with Gasteiger partial charge in [0.25, 0.3) is 5.91 Å². The number of anilines is 1. The molecule has 2 amide bonds. The van der Waals surface area contributed by atoms with Gasteiger partial charge in [-0.05, 0) is 49.2 Å². The van der Waals surface area contributed by atoms with Crippen LogP contribution in [0.15, 0.2) is 85.3 Å². The Labute approximate surface area is 196 Å². The zero-order chi connectivity index (χ0) is 23.5. The van der Waals surface area contributed by atoms with Crippen LogP contribution in [0.25, 0.3) is 11.5 Å². The van der Waals surface area contributed by atoms with Gasteiger partial charge in [-0.1, -0.05) is 30.3 Å². The van der Waals surface area contributed by atoms with Crippen molar-refractivity contribution in [2.45, 2.75) is 12.8 Å². The molecular formula is C26H24FN5O2. The molecule has 1 fully saturated rings. The number of nitrogens with one attached hydrogen (secondary N) is 1. The fraction of sp³-hybridized carbons (Fsp3) is 0.192. The zero-order valence-corrected chi connectivity index (χ0v) is 18.5. The van der Waals surface area contributed by atoms with Crippen molar-refractivity contribution in [3.63, 3.8) is 0 Å². The van der Waals surface area contributed by atoms with Crippen molar-refractivity contribution in [1.82, 2.24) is 19.2 Å². The molecular weight excluding hydrogens is 433 g/mol. The average Bonchev–Trinajstić information content (AvgIpc) is 3.55. The van der Waals surface area contributed by atoms with Crippen LogP contribution < -0.4 is 5.32 Å². The Bertz CT molecular complexity index is 1290. The molecule has 1 N–H and O–H groups in total. The number of hydrogen-bond acceptors (Lipinski definition) is 3. The number of benzene rings is 2. The first kappa shape index (κ1) is 21.6. The predicted octanol–water partition coefficient (Wildman–Crippen LogP) is 4.29. The quantitative estimate of drug-likeness (QED) is 0.486. The Morgan fingerprint density at radius 3 is 2.29 bits per heavy atom. The van der Waals surface area contributed by atoms with E-state index in [1.807, 2.05) is 42.5 Å². The molecule has 0 radical (unpaired) electrons. The smallest absolute Gasteiger partial charge is 0.259 e. The van der Waals surface area contributed by atoms with Crippen LogP contribution in [0.4, 0.5) is 10.1 Å². The van der Waals surface area contributed by atoms with E-state index in [2.05, 4.69) is 10.4 Å². The standard InChI is InChI=1S/C26H24FN5O2/c27-22-10-4-5-11-23(22)32-25(30-14-6-7-15-30)21(18-28-32)26(34)31-16-12-19(13-17-31)24(33)29-20-8-2-1-3-9-20/h1-11,14-15,18-19H,12-13,16-17H2,(H,29,33). The van der Waals surface area contributed by atoms with Crippen molar-refractivity contribution in [2.75, 3.05) is 18.4 Å². The third-order valence-electron chi connectivity index (χ3n) is 6.10. The molecule has 2 aromatic carbocycles. The molecule has 3 heterocycles. The maximum Gasteiger partial charge on any atom is 0.259 e. The second kappa shape index (κ2) is 9.35. The van der Waals surface area contributed by atoms with Crippen LogP contribution in [0.5, 0.6) is 0 Å². The van der Waals surface area contributed by atoms with Crippen LogP contribution in [0.1, 0.15) is 23.2 Å². The van der Waals surface area contributed by atoms with Crippen molar-refractivity contribution < 1.29 is 14.0 Å². The molecule has 0 atom stereocenters. The van der Waals surface area contributed by atoms with Gasteiger partial charge in [0.15, 0.2) is 5.82 Å². The molecule has 1 aliphatic rings. The number of hydrogen-bond donors (Lipinski definition) is 1. The normalized spacial score (nSPS) is 14.2. The Kier molecular flexibility index (Phi) is 5.95. The Balaban J connectivity index is 1.35. The van der Waals surface area contributed by atoms with Crippen molar-refractivity contribution in [1.29, 1.82) is 0 Å². The molecule has 0 unspecified atom stereocenters. The molecule has 2 aromatic heterocycles. The number of rotatable bonds is 5. The first-order valence-corrected chi connectivity index (χ1v) is 11.2. The summed E-state index contributed by atoms with van der Waals surface area (Å²) < 4.78 is 17.7. The second-order valence-electron chi connectivity index (χ2n) is 8.26. The van der Waals surface area contributed by atoms with E-state index in [0.29, 0.717) is 37.3 Å². The highest BCUT2D eigenvalue weighted by Gasteiger charge is 2.30. The summed E-state index contributed by atoms with van der Waals surface area (Å²) in [4.78, 5) is 27.9. The summed E-state index contributed by atoms with van der Waals surface area (Å²) in [7, 11) is 0. The van der Waals surface area contributed by atoms with Crippen LogP contribution in [0.2, 0.25) is 0 Å². The number of carbonyl (C=O) groups excluding carboxylic acids is 2. The lowest BCUT2D eigenvalue weighted by atomic mass is 9.95. The summed E-state index contributed by atoms with van der Waals surface area (Å²) in [5.74, 6) is -0.325. The molecule has 172 valence electrons. The van der Waals surface area contributed by atoms with Gasteiger partial charge in [0.2, 0.25) is 5.91 Å². The van der Waals surface area contributed by atoms with E-state index in [9.17, 15) is 14.0 Å². The second-order valence-corrected chi connectivity index (χ2v) is 8.26. The van der Waals surface area contributed by atoms with E-state index >= 15 is 0 Å². The largest absolute Gasteiger partial charge is 0.338 e. The molecule has 34 heavy (non-hydrogen) atoms. The molecule has 4 aromatic rings. The highest BCUT2D eigenvalue weighted by atomic mass is 19.1. The third kappa shape index (κ3) is 4.22. The van der Waals surface area contributed by atoms with Gasteiger partial charge in [0, 0.05) is 37.1 Å². The number of piperidine rings is 1. The highest BCUT2D eigenvalue weighted by molar-refractivity contribution is 5.98. The summed E-state index contributed by atoms with van der Waals surface area (Å²) in [5.41, 5.74) is 1.41. The van der Waals surface area contributed by atoms with Crippen LogP contribution in [0, 0.1) is 11.7 Å². The minimum absolute atomic E-state index is 0.0290. The predicted molar refractivity (Wildman–Crippen MR) is 127 cm³/mol. The lowest BCUT2D eigenvalue weighted by Crippen LogP contribution is -2.41. The summed E-state index contributed by atoms with van der Waals surface area (Å²) in [5, 5.41) is 7.30. The van der Waals surface area contributed by atoms with Crippen LogP contribution in [0.3, 0.4) is 0 Å². The lowest BCUT2D eigenvalue weighted by Gasteiger charge is -2.31. The number of carbonyl (C=O) groups is 2. The highest BCUT2D eigenvalue weighted by Crippen LogP contribution is 2.26. The summed E-state index contributed by atoms with van der Waals surface area (Å²) in [6, 6.07) is 19.4. The van der Waals surface area contributed by atoms with E-state index in [-0.39, 0.29) is 23.4 Å². The minimum atomic E-state index is -0.428. The van der Waals surface area contributed by atoms with Gasteiger partial charge in [-0.2, -0.15) is 5.10 Å². The Hall–Kier alpha value is -4.20. The van der Waals surface area contributed by atoms with E-state index in [4.69, 9.17) is 0 Å². The number of aromatic nitrogens is 3. The fourth-order valence-electron chi connectivity index (χ4n) is 4.30. The van der Waals surface area contributed by atoms with E-state index < -0.39 is 5.82 Å². The van der Waals surface area contributed by atoms with E-state index in [1.54, 1.807) is 40.1 Å². The Morgan fingerprint density at radius 1 is 0.912 bits per heavy atom. The SMILES string of the molecule is O=C(Nc1ccccc1)C1CCN(C(=O)c2cnn(-c3ccccc3F)c2-n2cccc2)CC1. The van der Waals surface area contributed by atoms with Crippen molar-refractivity contribution in [3.8, 4) is 11.5 Å². The summed E-state index contributed by atoms with van der Waals surface area (Å²) in [6.45, 7) is 0.920. The molecule has 8 heteroatoms. The van der Waals surface area contributed by atoms with E-state index in [1.165, 1.54) is 16.9 Å². The lowest BCUT2D eigenvalue weighted by molar-refractivity contribution is -0.121. The molecule has 0 aliphatic carbocycles. The average molecular weight is 458 g/mol. The fourth-order valence-corrected chi connectivity index (χ4v) is 4.30. The van der Waals surface area contributed by atoms with Crippen LogP contribution >= 0.6 is 0 Å². The van der Waals surface area contributed by atoms with E-state index in [0.717, 1.165) is 5.69 Å². The topological polar surface area (TPSA) is 72.2 Å². The third-order valence-corrected chi connectivity index (χ3v) is 6.10. The molecule has 0 bridgehead atoms. The first-order chi connectivity index (χ1) is 16.6. The number of halogens is 1. The summed E-state index contributed by atoms with van der Waals surface area (Å²) >= 11 is 0. The number of amides is 2. The maximum absolute atomic E-state index is 14.5. The Morgan fingerprint density at radius 2 is 1.59 bits per heavy atom. The van der Waals surface area contributed by atoms with Crippen molar-refractivity contribution in [3.05, 3.63) is 96.7 Å². The molecule has 1 saturated heterocycles. The molecule has 7 nitrogen and oxygen atoms in total. The number of likely N-dealkylation sites (tertiary alicyclic amines) is 1. The zero-order valence-electron chi connectivity index (χ0n) is 18.5.